The molecule has 0 radical (unpaired) electrons. The van der Waals surface area contributed by atoms with Gasteiger partial charge in [0.25, 0.3) is 0 Å². The summed E-state index contributed by atoms with van der Waals surface area (Å²) in [6, 6.07) is 73.7. The number of benzene rings is 7. The molecule has 2 aliphatic heterocycles. The highest BCUT2D eigenvalue weighted by molar-refractivity contribution is 6.91. The van der Waals surface area contributed by atoms with Gasteiger partial charge in [-0.1, -0.05) is 202 Å². The van der Waals surface area contributed by atoms with Crippen molar-refractivity contribution in [2.45, 2.75) is 27.7 Å². The van der Waals surface area contributed by atoms with Gasteiger partial charge in [-0.05, 0) is 75.3 Å². The van der Waals surface area contributed by atoms with Gasteiger partial charge in [-0.15, -0.1) is 0 Å². The maximum Gasteiger partial charge on any atom is 0.245 e. The summed E-state index contributed by atoms with van der Waals surface area (Å²) in [5.74, 6) is 0. The maximum absolute atomic E-state index is 2.60. The van der Waals surface area contributed by atoms with Gasteiger partial charge in [0.05, 0.1) is 0 Å². The van der Waals surface area contributed by atoms with Crippen LogP contribution >= 0.6 is 0 Å². The van der Waals surface area contributed by atoms with Gasteiger partial charge in [0.15, 0.2) is 0 Å². The normalized spacial score (nSPS) is 17.4. The zero-order chi connectivity index (χ0) is 39.9. The van der Waals surface area contributed by atoms with E-state index in [-0.39, 0.29) is 17.5 Å². The Morgan fingerprint density at radius 3 is 0.983 bits per heavy atom. The molecule has 0 fully saturated rings. The van der Waals surface area contributed by atoms with E-state index in [0.717, 1.165) is 11.4 Å². The van der Waals surface area contributed by atoms with E-state index in [1.165, 1.54) is 83.7 Å². The van der Waals surface area contributed by atoms with Gasteiger partial charge in [-0.25, -0.2) is 0 Å². The third-order valence-corrected chi connectivity index (χ3v) is 13.2. The van der Waals surface area contributed by atoms with E-state index in [1.54, 1.807) is 0 Å². The standard InChI is InChI=1S/C56H45BN2/c1-55(2)48(40-28-15-7-16-29-40)46(38-24-11-5-12-25-38)51-53(55)57-50-44(58(51)42-32-19-9-20-33-42)36-23-37-45(50)59(43-34-21-10-22-35-43)52-47(39-26-13-6-14-27-39)49(56(3,4)54(52)57)41-30-17-8-18-31-41/h5-37H,1-4H3. The molecule has 7 aromatic rings. The average molecular weight is 757 g/mol. The van der Waals surface area contributed by atoms with Crippen LogP contribution < -0.4 is 15.3 Å². The van der Waals surface area contributed by atoms with Gasteiger partial charge in [0.1, 0.15) is 0 Å². The summed E-state index contributed by atoms with van der Waals surface area (Å²) in [6.45, 7) is 9.95. The fourth-order valence-corrected chi connectivity index (χ4v) is 11.0. The molecular formula is C56H45BN2. The molecule has 7 aromatic carbocycles. The Morgan fingerprint density at radius 2 is 0.644 bits per heavy atom. The first-order valence-electron chi connectivity index (χ1n) is 20.9. The molecule has 2 heterocycles. The summed E-state index contributed by atoms with van der Waals surface area (Å²) in [7, 11) is 0. The van der Waals surface area contributed by atoms with Crippen molar-refractivity contribution in [3.05, 3.63) is 245 Å². The Balaban J connectivity index is 1.32. The molecule has 3 heteroatoms. The summed E-state index contributed by atoms with van der Waals surface area (Å²) in [6.07, 6.45) is 0. The van der Waals surface area contributed by atoms with E-state index in [0.29, 0.717) is 0 Å². The molecule has 0 unspecified atom stereocenters. The maximum atomic E-state index is 2.60. The van der Waals surface area contributed by atoms with Gasteiger partial charge in [-0.3, -0.25) is 0 Å². The van der Waals surface area contributed by atoms with Crippen molar-refractivity contribution in [1.82, 2.24) is 0 Å². The van der Waals surface area contributed by atoms with E-state index in [2.05, 4.69) is 238 Å². The minimum Gasteiger partial charge on any atom is -0.311 e. The molecule has 282 valence electrons. The van der Waals surface area contributed by atoms with E-state index in [1.807, 2.05) is 0 Å². The largest absolute Gasteiger partial charge is 0.311 e. The number of hydrogen-bond acceptors (Lipinski definition) is 2. The highest BCUT2D eigenvalue weighted by Crippen LogP contribution is 2.66. The SMILES string of the molecule is CC1(C)C2=C(C(c3ccccc3)=C1c1ccccc1)N(c1ccccc1)c1cccc3c1B2C1=C(C(c2ccccc2)=C(c2ccccc2)C1(C)C)N3c1ccccc1. The summed E-state index contributed by atoms with van der Waals surface area (Å²) >= 11 is 0. The average Bonchev–Trinajstić information content (AvgIpc) is 3.68. The van der Waals surface area contributed by atoms with Crippen LogP contribution in [0.2, 0.25) is 0 Å². The molecule has 2 nitrogen and oxygen atoms in total. The molecule has 0 aromatic heterocycles. The minimum atomic E-state index is -0.365. The topological polar surface area (TPSA) is 6.48 Å². The second kappa shape index (κ2) is 13.4. The number of fused-ring (bicyclic) bond motifs is 2. The van der Waals surface area contributed by atoms with Crippen LogP contribution in [-0.4, -0.2) is 6.71 Å². The highest BCUT2D eigenvalue weighted by Gasteiger charge is 2.59. The third kappa shape index (κ3) is 5.14. The predicted octanol–water partition coefficient (Wildman–Crippen LogP) is 13.6. The van der Waals surface area contributed by atoms with Crippen LogP contribution in [0.1, 0.15) is 49.9 Å². The number of anilines is 4. The molecule has 4 aliphatic rings. The Kier molecular flexibility index (Phi) is 8.00. The summed E-state index contributed by atoms with van der Waals surface area (Å²) in [5, 5.41) is 0. The van der Waals surface area contributed by atoms with Crippen LogP contribution in [0, 0.1) is 10.8 Å². The van der Waals surface area contributed by atoms with Crippen molar-refractivity contribution in [2.75, 3.05) is 9.80 Å². The second-order valence-corrected chi connectivity index (χ2v) is 17.2. The monoisotopic (exact) mass is 756 g/mol. The van der Waals surface area contributed by atoms with E-state index in [4.69, 9.17) is 0 Å². The first kappa shape index (κ1) is 35.3. The van der Waals surface area contributed by atoms with Crippen molar-refractivity contribution in [3.63, 3.8) is 0 Å². The first-order valence-corrected chi connectivity index (χ1v) is 20.9. The Bertz CT molecular complexity index is 2690. The van der Waals surface area contributed by atoms with Crippen molar-refractivity contribution >= 4 is 57.2 Å². The van der Waals surface area contributed by atoms with Crippen LogP contribution in [0.4, 0.5) is 22.7 Å². The number of allylic oxidation sites excluding steroid dienone is 6. The minimum absolute atomic E-state index is 0.0176. The second-order valence-electron chi connectivity index (χ2n) is 17.2. The number of para-hydroxylation sites is 2. The van der Waals surface area contributed by atoms with Gasteiger partial charge >= 0.3 is 0 Å². The lowest BCUT2D eigenvalue weighted by Crippen LogP contribution is -2.54. The molecule has 0 bridgehead atoms. The summed E-state index contributed by atoms with van der Waals surface area (Å²) < 4.78 is 0. The van der Waals surface area contributed by atoms with E-state index < -0.39 is 0 Å². The van der Waals surface area contributed by atoms with Crippen LogP contribution in [-0.2, 0) is 0 Å². The smallest absolute Gasteiger partial charge is 0.245 e. The van der Waals surface area contributed by atoms with Crippen LogP contribution in [0.3, 0.4) is 0 Å². The number of rotatable bonds is 6. The molecule has 0 amide bonds. The lowest BCUT2D eigenvalue weighted by molar-refractivity contribution is 0.619. The quantitative estimate of drug-likeness (QED) is 0.156. The number of nitrogens with zero attached hydrogens (tertiary/aromatic N) is 2. The number of hydrogen-bond donors (Lipinski definition) is 0. The molecule has 59 heavy (non-hydrogen) atoms. The van der Waals surface area contributed by atoms with Crippen molar-refractivity contribution in [1.29, 1.82) is 0 Å². The summed E-state index contributed by atoms with van der Waals surface area (Å²) in [4.78, 5) is 5.20. The Morgan fingerprint density at radius 1 is 0.339 bits per heavy atom. The van der Waals surface area contributed by atoms with Crippen molar-refractivity contribution in [3.8, 4) is 0 Å². The molecule has 0 spiro atoms. The van der Waals surface area contributed by atoms with Gasteiger partial charge in [0, 0.05) is 56.1 Å². The van der Waals surface area contributed by atoms with Gasteiger partial charge < -0.3 is 9.80 Å². The van der Waals surface area contributed by atoms with Crippen LogP contribution in [0.25, 0.3) is 22.3 Å². The molecule has 0 atom stereocenters. The molecule has 11 rings (SSSR count). The Hall–Kier alpha value is -6.84. The van der Waals surface area contributed by atoms with Crippen molar-refractivity contribution < 1.29 is 0 Å². The third-order valence-electron chi connectivity index (χ3n) is 13.2. The highest BCUT2D eigenvalue weighted by atomic mass is 15.2. The lowest BCUT2D eigenvalue weighted by atomic mass is 9.27. The predicted molar refractivity (Wildman–Crippen MR) is 250 cm³/mol. The van der Waals surface area contributed by atoms with Gasteiger partial charge in [0.2, 0.25) is 6.71 Å². The first-order chi connectivity index (χ1) is 28.9. The zero-order valence-electron chi connectivity index (χ0n) is 34.0. The molecule has 2 aliphatic carbocycles. The van der Waals surface area contributed by atoms with Crippen LogP contribution in [0.15, 0.2) is 223 Å². The molecule has 0 N–H and O–H groups in total. The fourth-order valence-electron chi connectivity index (χ4n) is 11.0. The van der Waals surface area contributed by atoms with Crippen LogP contribution in [0.5, 0.6) is 0 Å². The zero-order valence-corrected chi connectivity index (χ0v) is 34.0. The molecular weight excluding hydrogens is 711 g/mol. The summed E-state index contributed by atoms with van der Waals surface area (Å²) in [5.41, 5.74) is 21.3. The van der Waals surface area contributed by atoms with Crippen molar-refractivity contribution in [2.24, 2.45) is 10.8 Å². The Labute approximate surface area is 348 Å². The lowest BCUT2D eigenvalue weighted by Gasteiger charge is -2.48. The molecule has 0 saturated heterocycles. The van der Waals surface area contributed by atoms with E-state index >= 15 is 0 Å². The van der Waals surface area contributed by atoms with Gasteiger partial charge in [-0.2, -0.15) is 0 Å². The van der Waals surface area contributed by atoms with E-state index in [9.17, 15) is 0 Å². The molecule has 0 saturated carbocycles. The fraction of sp³-hybridized carbons (Fsp3) is 0.107.